The molecule has 0 radical (unpaired) electrons. The Morgan fingerprint density at radius 1 is 1.43 bits per heavy atom. The summed E-state index contributed by atoms with van der Waals surface area (Å²) in [5.74, 6) is 0.270. The van der Waals surface area contributed by atoms with Crippen molar-refractivity contribution in [1.29, 1.82) is 0 Å². The highest BCUT2D eigenvalue weighted by atomic mass is 16.4. The molecule has 0 amide bonds. The molecule has 5 heteroatoms. The summed E-state index contributed by atoms with van der Waals surface area (Å²) in [7, 11) is 2.03. The van der Waals surface area contributed by atoms with E-state index in [1.165, 1.54) is 10.9 Å². The van der Waals surface area contributed by atoms with Crippen molar-refractivity contribution in [2.24, 2.45) is 16.8 Å². The van der Waals surface area contributed by atoms with E-state index >= 15 is 0 Å². The molecule has 0 saturated carbocycles. The van der Waals surface area contributed by atoms with Gasteiger partial charge in [0, 0.05) is 30.1 Å². The smallest absolute Gasteiger partial charge is 0.143 e. The highest BCUT2D eigenvalue weighted by Gasteiger charge is 2.12. The molecule has 112 valence electrons. The van der Waals surface area contributed by atoms with Gasteiger partial charge in [0.2, 0.25) is 0 Å². The zero-order valence-corrected chi connectivity index (χ0v) is 12.7. The van der Waals surface area contributed by atoms with E-state index in [1.54, 1.807) is 0 Å². The topological polar surface area (TPSA) is 74.7 Å². The van der Waals surface area contributed by atoms with Crippen LogP contribution >= 0.6 is 0 Å². The van der Waals surface area contributed by atoms with Crippen LogP contribution < -0.4 is 5.73 Å². The van der Waals surface area contributed by atoms with Gasteiger partial charge in [0.25, 0.3) is 0 Å². The van der Waals surface area contributed by atoms with Crippen LogP contribution in [0.25, 0.3) is 10.9 Å². The van der Waals surface area contributed by atoms with Crippen molar-refractivity contribution >= 4 is 16.7 Å². The molecule has 0 aliphatic rings. The van der Waals surface area contributed by atoms with E-state index in [0.717, 1.165) is 24.3 Å². The van der Waals surface area contributed by atoms with Crippen LogP contribution in [0.2, 0.25) is 0 Å². The molecule has 2 aromatic rings. The first-order chi connectivity index (χ1) is 10.0. The van der Waals surface area contributed by atoms with Crippen LogP contribution in [0.5, 0.6) is 0 Å². The number of aryl methyl sites for hydroxylation is 1. The Kier molecular flexibility index (Phi) is 4.75. The van der Waals surface area contributed by atoms with Gasteiger partial charge in [-0.15, -0.1) is 0 Å². The van der Waals surface area contributed by atoms with E-state index in [1.807, 2.05) is 39.1 Å². The molecule has 1 unspecified atom stereocenters. The minimum absolute atomic E-state index is 0.00852. The SMILES string of the molecule is Cc1cc(CN(C)CC(C)C(N)=NO)c2ccccc2n1. The molecule has 21 heavy (non-hydrogen) atoms. The van der Waals surface area contributed by atoms with E-state index in [0.29, 0.717) is 0 Å². The Morgan fingerprint density at radius 3 is 2.86 bits per heavy atom. The van der Waals surface area contributed by atoms with Crippen molar-refractivity contribution in [3.05, 3.63) is 41.6 Å². The standard InChI is InChI=1S/C16H22N4O/c1-11(16(17)19-21)9-20(3)10-13-8-12(2)18-15-7-5-4-6-14(13)15/h4-8,11,21H,9-10H2,1-3H3,(H2,17,19). The predicted molar refractivity (Wildman–Crippen MR) is 85.4 cm³/mol. The zero-order chi connectivity index (χ0) is 15.4. The average Bonchev–Trinajstić information content (AvgIpc) is 2.45. The van der Waals surface area contributed by atoms with Gasteiger partial charge >= 0.3 is 0 Å². The Bertz CT molecular complexity index is 654. The van der Waals surface area contributed by atoms with Crippen molar-refractivity contribution in [3.63, 3.8) is 0 Å². The van der Waals surface area contributed by atoms with Crippen molar-refractivity contribution in [3.8, 4) is 0 Å². The van der Waals surface area contributed by atoms with Crippen LogP contribution in [-0.2, 0) is 6.54 Å². The van der Waals surface area contributed by atoms with Crippen LogP contribution in [0.1, 0.15) is 18.2 Å². The summed E-state index contributed by atoms with van der Waals surface area (Å²) in [5.41, 5.74) is 8.91. The number of hydrogen-bond acceptors (Lipinski definition) is 4. The second kappa shape index (κ2) is 6.54. The van der Waals surface area contributed by atoms with Crippen LogP contribution in [0.3, 0.4) is 0 Å². The van der Waals surface area contributed by atoms with E-state index in [9.17, 15) is 0 Å². The van der Waals surface area contributed by atoms with E-state index in [2.05, 4.69) is 27.2 Å². The van der Waals surface area contributed by atoms with Crippen molar-refractivity contribution in [2.75, 3.05) is 13.6 Å². The van der Waals surface area contributed by atoms with Gasteiger partial charge < -0.3 is 15.8 Å². The second-order valence-electron chi connectivity index (χ2n) is 5.56. The maximum atomic E-state index is 8.72. The molecule has 1 aromatic heterocycles. The van der Waals surface area contributed by atoms with Gasteiger partial charge in [-0.25, -0.2) is 0 Å². The van der Waals surface area contributed by atoms with Crippen molar-refractivity contribution in [2.45, 2.75) is 20.4 Å². The number of benzene rings is 1. The van der Waals surface area contributed by atoms with Gasteiger partial charge in [0.15, 0.2) is 0 Å². The summed E-state index contributed by atoms with van der Waals surface area (Å²) in [5, 5.41) is 13.0. The summed E-state index contributed by atoms with van der Waals surface area (Å²) in [6.45, 7) is 5.48. The van der Waals surface area contributed by atoms with Gasteiger partial charge in [-0.1, -0.05) is 30.3 Å². The van der Waals surface area contributed by atoms with Crippen LogP contribution in [0.15, 0.2) is 35.5 Å². The van der Waals surface area contributed by atoms with E-state index in [-0.39, 0.29) is 11.8 Å². The Hall–Kier alpha value is -2.14. The number of nitrogens with zero attached hydrogens (tertiary/aromatic N) is 3. The van der Waals surface area contributed by atoms with Gasteiger partial charge in [0.05, 0.1) is 5.52 Å². The molecule has 1 heterocycles. The highest BCUT2D eigenvalue weighted by Crippen LogP contribution is 2.19. The lowest BCUT2D eigenvalue weighted by Crippen LogP contribution is -2.32. The first kappa shape index (κ1) is 15.3. The largest absolute Gasteiger partial charge is 0.409 e. The lowest BCUT2D eigenvalue weighted by atomic mass is 10.1. The maximum absolute atomic E-state index is 8.72. The monoisotopic (exact) mass is 286 g/mol. The first-order valence-electron chi connectivity index (χ1n) is 7.02. The van der Waals surface area contributed by atoms with E-state index < -0.39 is 0 Å². The minimum Gasteiger partial charge on any atom is -0.409 e. The number of amidine groups is 1. The van der Waals surface area contributed by atoms with E-state index in [4.69, 9.17) is 10.9 Å². The third-order valence-corrected chi connectivity index (χ3v) is 3.58. The number of hydrogen-bond donors (Lipinski definition) is 2. The molecule has 2 rings (SSSR count). The molecule has 0 spiro atoms. The fraction of sp³-hybridized carbons (Fsp3) is 0.375. The molecule has 0 bridgehead atoms. The average molecular weight is 286 g/mol. The number of nitrogens with two attached hydrogens (primary N) is 1. The predicted octanol–water partition coefficient (Wildman–Crippen LogP) is 2.36. The molecule has 0 saturated heterocycles. The summed E-state index contributed by atoms with van der Waals surface area (Å²) < 4.78 is 0. The number of rotatable bonds is 5. The van der Waals surface area contributed by atoms with Crippen molar-refractivity contribution < 1.29 is 5.21 Å². The number of aromatic nitrogens is 1. The lowest BCUT2D eigenvalue weighted by Gasteiger charge is -2.21. The molecule has 0 fully saturated rings. The molecule has 1 aromatic carbocycles. The van der Waals surface area contributed by atoms with Crippen LogP contribution in [-0.4, -0.2) is 34.5 Å². The minimum atomic E-state index is 0.00852. The molecule has 0 aliphatic carbocycles. The third-order valence-electron chi connectivity index (χ3n) is 3.58. The summed E-state index contributed by atoms with van der Waals surface area (Å²) in [6.07, 6.45) is 0. The number of pyridine rings is 1. The van der Waals surface area contributed by atoms with Gasteiger partial charge in [0.1, 0.15) is 5.84 Å². The summed E-state index contributed by atoms with van der Waals surface area (Å²) in [4.78, 5) is 6.73. The Morgan fingerprint density at radius 2 is 2.14 bits per heavy atom. The fourth-order valence-electron chi connectivity index (χ4n) is 2.54. The maximum Gasteiger partial charge on any atom is 0.143 e. The number of fused-ring (bicyclic) bond motifs is 1. The number of oxime groups is 1. The highest BCUT2D eigenvalue weighted by molar-refractivity contribution is 5.83. The lowest BCUT2D eigenvalue weighted by molar-refractivity contribution is 0.291. The Labute approximate surface area is 125 Å². The Balaban J connectivity index is 2.19. The molecule has 1 atom stereocenters. The quantitative estimate of drug-likeness (QED) is 0.383. The molecule has 0 aliphatic heterocycles. The van der Waals surface area contributed by atoms with Crippen molar-refractivity contribution in [1.82, 2.24) is 9.88 Å². The molecular weight excluding hydrogens is 264 g/mol. The molecule has 5 nitrogen and oxygen atoms in total. The summed E-state index contributed by atoms with van der Waals surface area (Å²) >= 11 is 0. The third kappa shape index (κ3) is 3.70. The van der Waals surface area contributed by atoms with Crippen LogP contribution in [0.4, 0.5) is 0 Å². The van der Waals surface area contributed by atoms with Gasteiger partial charge in [-0.05, 0) is 31.7 Å². The molecular formula is C16H22N4O. The normalized spacial score (nSPS) is 13.8. The van der Waals surface area contributed by atoms with Crippen LogP contribution in [0, 0.1) is 12.8 Å². The van der Waals surface area contributed by atoms with Gasteiger partial charge in [-0.2, -0.15) is 0 Å². The summed E-state index contributed by atoms with van der Waals surface area (Å²) in [6, 6.07) is 10.3. The first-order valence-corrected chi connectivity index (χ1v) is 7.02. The molecule has 3 N–H and O–H groups in total. The second-order valence-corrected chi connectivity index (χ2v) is 5.56. The number of para-hydroxylation sites is 1. The zero-order valence-electron chi connectivity index (χ0n) is 12.7. The fourth-order valence-corrected chi connectivity index (χ4v) is 2.54. The van der Waals surface area contributed by atoms with Gasteiger partial charge in [-0.3, -0.25) is 4.98 Å².